The van der Waals surface area contributed by atoms with E-state index in [1.165, 1.54) is 6.20 Å². The van der Waals surface area contributed by atoms with Crippen LogP contribution in [-0.2, 0) is 0 Å². The number of carbonyl (C=O) groups is 1. The molecule has 0 fully saturated rings. The van der Waals surface area contributed by atoms with E-state index >= 15 is 0 Å². The Kier molecular flexibility index (Phi) is 3.79. The Labute approximate surface area is 114 Å². The molecule has 0 spiro atoms. The first-order valence-electron chi connectivity index (χ1n) is 5.02. The van der Waals surface area contributed by atoms with Crippen molar-refractivity contribution in [2.75, 3.05) is 0 Å². The molecule has 0 bridgehead atoms. The molecule has 0 aliphatic carbocycles. The quantitative estimate of drug-likeness (QED) is 0.806. The molecule has 1 aromatic carbocycles. The van der Waals surface area contributed by atoms with E-state index in [9.17, 15) is 4.79 Å². The number of nitrogens with zero attached hydrogens (tertiary/aromatic N) is 2. The maximum Gasteiger partial charge on any atom is 0.233 e. The maximum absolute atomic E-state index is 10.9. The highest BCUT2D eigenvalue weighted by atomic mass is 35.5. The number of hydrogen-bond donors (Lipinski definition) is 0. The van der Waals surface area contributed by atoms with Crippen molar-refractivity contribution in [3.05, 3.63) is 45.8 Å². The highest BCUT2D eigenvalue weighted by molar-refractivity contribution is 6.35. The smallest absolute Gasteiger partial charge is 0.233 e. The fourth-order valence-corrected chi connectivity index (χ4v) is 1.73. The fourth-order valence-electron chi connectivity index (χ4n) is 1.28. The first-order valence-corrected chi connectivity index (χ1v) is 5.77. The first kappa shape index (κ1) is 12.8. The van der Waals surface area contributed by atoms with Crippen molar-refractivity contribution in [2.24, 2.45) is 0 Å². The summed E-state index contributed by atoms with van der Waals surface area (Å²) < 4.78 is 5.49. The molecule has 2 rings (SSSR count). The summed E-state index contributed by atoms with van der Waals surface area (Å²) in [5.74, 6) is 1.05. The lowest BCUT2D eigenvalue weighted by Gasteiger charge is -2.08. The second kappa shape index (κ2) is 5.33. The topological polar surface area (TPSA) is 52.1 Å². The zero-order chi connectivity index (χ0) is 13.1. The summed E-state index contributed by atoms with van der Waals surface area (Å²) in [5.41, 5.74) is 0.256. The van der Waals surface area contributed by atoms with Crippen molar-refractivity contribution < 1.29 is 9.53 Å². The molecule has 0 unspecified atom stereocenters. The number of carbonyl (C=O) groups excluding carboxylic acids is 1. The molecule has 4 nitrogen and oxygen atoms in total. The van der Waals surface area contributed by atoms with Crippen LogP contribution in [0.3, 0.4) is 0 Å². The van der Waals surface area contributed by atoms with Crippen molar-refractivity contribution >= 4 is 29.5 Å². The number of rotatable bonds is 3. The molecular weight excluding hydrogens is 275 g/mol. The largest absolute Gasteiger partial charge is 0.437 e. The standard InChI is InChI=1S/C12H8Cl2N2O2/c1-7-15-5-8(6-17)12(16-7)18-11-3-2-9(13)4-10(11)14/h2-6H,1H3. The first-order chi connectivity index (χ1) is 8.60. The molecule has 0 radical (unpaired) electrons. The maximum atomic E-state index is 10.9. The minimum atomic E-state index is 0.168. The Balaban J connectivity index is 2.39. The predicted octanol–water partition coefficient (Wildman–Crippen LogP) is 3.70. The molecule has 0 saturated heterocycles. The summed E-state index contributed by atoms with van der Waals surface area (Å²) in [7, 11) is 0. The van der Waals surface area contributed by atoms with Crippen LogP contribution in [-0.4, -0.2) is 16.3 Å². The molecule has 0 aliphatic rings. The van der Waals surface area contributed by atoms with E-state index in [2.05, 4.69) is 9.97 Å². The summed E-state index contributed by atoms with van der Waals surface area (Å²) in [5, 5.41) is 0.845. The number of aromatic nitrogens is 2. The van der Waals surface area contributed by atoms with Gasteiger partial charge in [0, 0.05) is 11.2 Å². The van der Waals surface area contributed by atoms with Crippen LogP contribution in [0.5, 0.6) is 11.6 Å². The lowest BCUT2D eigenvalue weighted by atomic mass is 10.3. The van der Waals surface area contributed by atoms with Gasteiger partial charge >= 0.3 is 0 Å². The Morgan fingerprint density at radius 2 is 2.11 bits per heavy atom. The molecule has 0 aliphatic heterocycles. The van der Waals surface area contributed by atoms with E-state index in [1.807, 2.05) is 0 Å². The second-order valence-electron chi connectivity index (χ2n) is 3.47. The molecule has 18 heavy (non-hydrogen) atoms. The van der Waals surface area contributed by atoms with Crippen molar-refractivity contribution in [3.63, 3.8) is 0 Å². The summed E-state index contributed by atoms with van der Waals surface area (Å²) in [6, 6.07) is 4.79. The number of ether oxygens (including phenoxy) is 1. The molecule has 0 N–H and O–H groups in total. The average Bonchev–Trinajstić information content (AvgIpc) is 2.33. The number of hydrogen-bond acceptors (Lipinski definition) is 4. The van der Waals surface area contributed by atoms with Gasteiger partial charge in [-0.1, -0.05) is 23.2 Å². The molecule has 0 saturated carbocycles. The molecule has 92 valence electrons. The average molecular weight is 283 g/mol. The van der Waals surface area contributed by atoms with Crippen LogP contribution >= 0.6 is 23.2 Å². The Morgan fingerprint density at radius 1 is 1.33 bits per heavy atom. The highest BCUT2D eigenvalue weighted by Gasteiger charge is 2.10. The van der Waals surface area contributed by atoms with Crippen LogP contribution < -0.4 is 4.74 Å². The van der Waals surface area contributed by atoms with E-state index in [4.69, 9.17) is 27.9 Å². The van der Waals surface area contributed by atoms with E-state index in [0.29, 0.717) is 27.9 Å². The van der Waals surface area contributed by atoms with Gasteiger partial charge in [-0.3, -0.25) is 4.79 Å². The predicted molar refractivity (Wildman–Crippen MR) is 68.7 cm³/mol. The molecular formula is C12H8Cl2N2O2. The normalized spacial score (nSPS) is 10.2. The van der Waals surface area contributed by atoms with E-state index < -0.39 is 0 Å². The lowest BCUT2D eigenvalue weighted by molar-refractivity contribution is 0.112. The molecule has 0 atom stereocenters. The van der Waals surface area contributed by atoms with Crippen molar-refractivity contribution in [1.82, 2.24) is 9.97 Å². The van der Waals surface area contributed by atoms with Gasteiger partial charge in [-0.05, 0) is 25.1 Å². The molecule has 0 amide bonds. The fraction of sp³-hybridized carbons (Fsp3) is 0.0833. The third-order valence-corrected chi connectivity index (χ3v) is 2.66. The van der Waals surface area contributed by atoms with Gasteiger partial charge in [-0.15, -0.1) is 0 Å². The Hall–Kier alpha value is -1.65. The number of aldehydes is 1. The third kappa shape index (κ3) is 2.78. The summed E-state index contributed by atoms with van der Waals surface area (Å²) in [6.45, 7) is 1.70. The number of halogens is 2. The van der Waals surface area contributed by atoms with Crippen LogP contribution in [0.4, 0.5) is 0 Å². The van der Waals surface area contributed by atoms with Gasteiger partial charge < -0.3 is 4.74 Å². The van der Waals surface area contributed by atoms with Gasteiger partial charge in [0.25, 0.3) is 0 Å². The number of benzene rings is 1. The van der Waals surface area contributed by atoms with Crippen LogP contribution in [0.2, 0.25) is 10.0 Å². The van der Waals surface area contributed by atoms with Gasteiger partial charge in [-0.25, -0.2) is 4.98 Å². The van der Waals surface area contributed by atoms with Crippen LogP contribution in [0.25, 0.3) is 0 Å². The Bertz CT molecular complexity index is 603. The van der Waals surface area contributed by atoms with Gasteiger partial charge in [0.1, 0.15) is 11.6 Å². The molecule has 1 heterocycles. The minimum absolute atomic E-state index is 0.168. The zero-order valence-corrected chi connectivity index (χ0v) is 10.9. The summed E-state index contributed by atoms with van der Waals surface area (Å²) in [4.78, 5) is 18.8. The molecule has 6 heteroatoms. The van der Waals surface area contributed by atoms with Crippen LogP contribution in [0.1, 0.15) is 16.2 Å². The second-order valence-corrected chi connectivity index (χ2v) is 4.32. The molecule has 1 aromatic heterocycles. The third-order valence-electron chi connectivity index (χ3n) is 2.13. The van der Waals surface area contributed by atoms with Gasteiger partial charge in [0.15, 0.2) is 6.29 Å². The van der Waals surface area contributed by atoms with E-state index in [1.54, 1.807) is 25.1 Å². The monoisotopic (exact) mass is 282 g/mol. The van der Waals surface area contributed by atoms with Crippen LogP contribution in [0, 0.1) is 6.92 Å². The highest BCUT2D eigenvalue weighted by Crippen LogP contribution is 2.31. The SMILES string of the molecule is Cc1ncc(C=O)c(Oc2ccc(Cl)cc2Cl)n1. The van der Waals surface area contributed by atoms with Gasteiger partial charge in [0.2, 0.25) is 5.88 Å². The molecule has 2 aromatic rings. The summed E-state index contributed by atoms with van der Waals surface area (Å²) >= 11 is 11.8. The Morgan fingerprint density at radius 3 is 2.78 bits per heavy atom. The van der Waals surface area contributed by atoms with E-state index in [-0.39, 0.29) is 11.4 Å². The zero-order valence-electron chi connectivity index (χ0n) is 9.35. The lowest BCUT2D eigenvalue weighted by Crippen LogP contribution is -1.98. The number of aryl methyl sites for hydroxylation is 1. The van der Waals surface area contributed by atoms with Crippen molar-refractivity contribution in [3.8, 4) is 11.6 Å². The van der Waals surface area contributed by atoms with Gasteiger partial charge in [-0.2, -0.15) is 4.98 Å². The van der Waals surface area contributed by atoms with Crippen molar-refractivity contribution in [2.45, 2.75) is 6.92 Å². The van der Waals surface area contributed by atoms with Crippen LogP contribution in [0.15, 0.2) is 24.4 Å². The summed E-state index contributed by atoms with van der Waals surface area (Å²) in [6.07, 6.45) is 2.02. The minimum Gasteiger partial charge on any atom is -0.437 e. The van der Waals surface area contributed by atoms with Crippen molar-refractivity contribution in [1.29, 1.82) is 0 Å². The van der Waals surface area contributed by atoms with Gasteiger partial charge in [0.05, 0.1) is 10.6 Å². The van der Waals surface area contributed by atoms with E-state index in [0.717, 1.165) is 0 Å².